The van der Waals surface area contributed by atoms with Gasteiger partial charge in [-0.3, -0.25) is 0 Å². The molecule has 3 nitrogen and oxygen atoms in total. The zero-order valence-corrected chi connectivity index (χ0v) is 8.88. The molecule has 1 atom stereocenters. The number of aliphatic carboxylic acids is 1. The van der Waals surface area contributed by atoms with Crippen LogP contribution < -0.4 is 0 Å². The third-order valence-corrected chi connectivity index (χ3v) is 2.93. The fraction of sp³-hybridized carbons (Fsp3) is 0.500. The van der Waals surface area contributed by atoms with E-state index in [2.05, 4.69) is 0 Å². The van der Waals surface area contributed by atoms with E-state index in [1.807, 2.05) is 6.92 Å². The van der Waals surface area contributed by atoms with Crippen LogP contribution in [0.2, 0.25) is 0 Å². The standard InChI is InChI=1S/C10H14O3S/c1-2-3-5-10(13,9(11)12)8-4-6-14-7-8/h4,6-7,13H,2-3,5H2,1H3,(H,11,12). The predicted octanol–water partition coefficient (Wildman–Crippen LogP) is 2.21. The Morgan fingerprint density at radius 1 is 1.64 bits per heavy atom. The van der Waals surface area contributed by atoms with Crippen molar-refractivity contribution in [1.29, 1.82) is 0 Å². The van der Waals surface area contributed by atoms with Crippen LogP contribution in [0, 0.1) is 0 Å². The highest BCUT2D eigenvalue weighted by atomic mass is 32.1. The first-order valence-corrected chi connectivity index (χ1v) is 5.54. The van der Waals surface area contributed by atoms with Crippen molar-refractivity contribution in [3.05, 3.63) is 22.4 Å². The SMILES string of the molecule is CCCCC(O)(C(=O)O)c1ccsc1. The first kappa shape index (κ1) is 11.2. The highest BCUT2D eigenvalue weighted by molar-refractivity contribution is 7.08. The van der Waals surface area contributed by atoms with Gasteiger partial charge >= 0.3 is 5.97 Å². The Bertz CT molecular complexity index is 294. The average Bonchev–Trinajstić information content (AvgIpc) is 2.66. The fourth-order valence-corrected chi connectivity index (χ4v) is 2.03. The second kappa shape index (κ2) is 4.57. The molecule has 78 valence electrons. The van der Waals surface area contributed by atoms with Crippen LogP contribution in [0.3, 0.4) is 0 Å². The minimum atomic E-state index is -1.70. The summed E-state index contributed by atoms with van der Waals surface area (Å²) in [5.41, 5.74) is -1.21. The summed E-state index contributed by atoms with van der Waals surface area (Å²) >= 11 is 1.39. The second-order valence-electron chi connectivity index (χ2n) is 3.28. The monoisotopic (exact) mass is 214 g/mol. The molecule has 4 heteroatoms. The van der Waals surface area contributed by atoms with E-state index in [9.17, 15) is 9.90 Å². The maximum absolute atomic E-state index is 11.0. The molecule has 0 saturated carbocycles. The summed E-state index contributed by atoms with van der Waals surface area (Å²) in [6.07, 6.45) is 1.86. The number of hydrogen-bond donors (Lipinski definition) is 2. The van der Waals surface area contributed by atoms with Gasteiger partial charge in [-0.15, -0.1) is 0 Å². The van der Waals surface area contributed by atoms with Crippen LogP contribution in [-0.2, 0) is 10.4 Å². The van der Waals surface area contributed by atoms with E-state index in [4.69, 9.17) is 5.11 Å². The number of hydrogen-bond acceptors (Lipinski definition) is 3. The molecule has 0 saturated heterocycles. The van der Waals surface area contributed by atoms with Gasteiger partial charge in [0, 0.05) is 5.56 Å². The summed E-state index contributed by atoms with van der Waals surface area (Å²) in [7, 11) is 0. The number of unbranched alkanes of at least 4 members (excludes halogenated alkanes) is 1. The zero-order chi connectivity index (χ0) is 10.6. The van der Waals surface area contributed by atoms with Crippen LogP contribution in [0.1, 0.15) is 31.7 Å². The van der Waals surface area contributed by atoms with Crippen molar-refractivity contribution in [1.82, 2.24) is 0 Å². The Hall–Kier alpha value is -0.870. The van der Waals surface area contributed by atoms with E-state index in [0.29, 0.717) is 12.0 Å². The first-order chi connectivity index (χ1) is 6.61. The summed E-state index contributed by atoms with van der Waals surface area (Å²) in [5, 5.41) is 22.4. The van der Waals surface area contributed by atoms with Gasteiger partial charge in [-0.1, -0.05) is 13.3 Å². The topological polar surface area (TPSA) is 57.5 Å². The normalized spacial score (nSPS) is 15.0. The molecule has 1 unspecified atom stereocenters. The molecular formula is C10H14O3S. The van der Waals surface area contributed by atoms with Crippen LogP contribution in [0.15, 0.2) is 16.8 Å². The van der Waals surface area contributed by atoms with Gasteiger partial charge in [-0.2, -0.15) is 11.3 Å². The van der Waals surface area contributed by atoms with E-state index >= 15 is 0 Å². The quantitative estimate of drug-likeness (QED) is 0.790. The third kappa shape index (κ3) is 2.13. The molecule has 0 aliphatic heterocycles. The Kier molecular flexibility index (Phi) is 3.66. The summed E-state index contributed by atoms with van der Waals surface area (Å²) < 4.78 is 0. The zero-order valence-electron chi connectivity index (χ0n) is 8.06. The Morgan fingerprint density at radius 2 is 2.36 bits per heavy atom. The highest BCUT2D eigenvalue weighted by Gasteiger charge is 2.37. The first-order valence-electron chi connectivity index (χ1n) is 4.59. The van der Waals surface area contributed by atoms with Gasteiger partial charge in [0.15, 0.2) is 5.60 Å². The fourth-order valence-electron chi connectivity index (χ4n) is 1.31. The molecule has 0 radical (unpaired) electrons. The molecule has 1 aromatic heterocycles. The summed E-state index contributed by atoms with van der Waals surface area (Å²) in [6.45, 7) is 1.97. The number of carboxylic acid groups (broad SMARTS) is 1. The maximum Gasteiger partial charge on any atom is 0.340 e. The van der Waals surface area contributed by atoms with Crippen molar-refractivity contribution < 1.29 is 15.0 Å². The van der Waals surface area contributed by atoms with Gasteiger partial charge in [-0.25, -0.2) is 4.79 Å². The molecule has 1 rings (SSSR count). The van der Waals surface area contributed by atoms with Crippen molar-refractivity contribution in [3.8, 4) is 0 Å². The molecule has 14 heavy (non-hydrogen) atoms. The summed E-state index contributed by atoms with van der Waals surface area (Å²) in [4.78, 5) is 11.0. The molecule has 0 amide bonds. The van der Waals surface area contributed by atoms with Crippen molar-refractivity contribution in [2.24, 2.45) is 0 Å². The molecule has 0 spiro atoms. The predicted molar refractivity (Wildman–Crippen MR) is 55.4 cm³/mol. The molecule has 1 heterocycles. The average molecular weight is 214 g/mol. The van der Waals surface area contributed by atoms with Crippen LogP contribution in [0.25, 0.3) is 0 Å². The van der Waals surface area contributed by atoms with E-state index in [1.165, 1.54) is 11.3 Å². The number of rotatable bonds is 5. The smallest absolute Gasteiger partial charge is 0.340 e. The lowest BCUT2D eigenvalue weighted by Gasteiger charge is -2.22. The molecule has 2 N–H and O–H groups in total. The van der Waals surface area contributed by atoms with Gasteiger partial charge in [0.25, 0.3) is 0 Å². The number of carboxylic acids is 1. The van der Waals surface area contributed by atoms with Crippen molar-refractivity contribution >= 4 is 17.3 Å². The lowest BCUT2D eigenvalue weighted by atomic mass is 9.91. The van der Waals surface area contributed by atoms with Gasteiger partial charge < -0.3 is 10.2 Å². The van der Waals surface area contributed by atoms with Crippen LogP contribution >= 0.6 is 11.3 Å². The van der Waals surface area contributed by atoms with E-state index < -0.39 is 11.6 Å². The number of aliphatic hydroxyl groups is 1. The van der Waals surface area contributed by atoms with Crippen molar-refractivity contribution in [3.63, 3.8) is 0 Å². The van der Waals surface area contributed by atoms with Gasteiger partial charge in [-0.05, 0) is 29.7 Å². The van der Waals surface area contributed by atoms with E-state index in [-0.39, 0.29) is 6.42 Å². The molecule has 1 aromatic rings. The third-order valence-electron chi connectivity index (χ3n) is 2.24. The van der Waals surface area contributed by atoms with Gasteiger partial charge in [0.2, 0.25) is 0 Å². The van der Waals surface area contributed by atoms with Crippen LogP contribution in [0.5, 0.6) is 0 Å². The minimum Gasteiger partial charge on any atom is -0.479 e. The number of carbonyl (C=O) groups is 1. The maximum atomic E-state index is 11.0. The largest absolute Gasteiger partial charge is 0.479 e. The molecular weight excluding hydrogens is 200 g/mol. The van der Waals surface area contributed by atoms with Crippen LogP contribution in [-0.4, -0.2) is 16.2 Å². The Labute approximate surface area is 87.0 Å². The molecule has 0 aliphatic carbocycles. The Balaban J connectivity index is 2.87. The molecule has 0 aliphatic rings. The molecule has 0 fully saturated rings. The van der Waals surface area contributed by atoms with Crippen LogP contribution in [0.4, 0.5) is 0 Å². The number of thiophene rings is 1. The minimum absolute atomic E-state index is 0.273. The summed E-state index contributed by atoms with van der Waals surface area (Å²) in [6, 6.07) is 1.66. The van der Waals surface area contributed by atoms with Gasteiger partial charge in [0.05, 0.1) is 0 Å². The van der Waals surface area contributed by atoms with Crippen molar-refractivity contribution in [2.45, 2.75) is 31.8 Å². The van der Waals surface area contributed by atoms with E-state index in [0.717, 1.165) is 6.42 Å². The summed E-state index contributed by atoms with van der Waals surface area (Å²) in [5.74, 6) is -1.16. The van der Waals surface area contributed by atoms with Crippen molar-refractivity contribution in [2.75, 3.05) is 0 Å². The molecule has 0 bridgehead atoms. The Morgan fingerprint density at radius 3 is 2.79 bits per heavy atom. The van der Waals surface area contributed by atoms with Gasteiger partial charge in [0.1, 0.15) is 0 Å². The highest BCUT2D eigenvalue weighted by Crippen LogP contribution is 2.29. The second-order valence-corrected chi connectivity index (χ2v) is 4.06. The molecule has 0 aromatic carbocycles. The van der Waals surface area contributed by atoms with E-state index in [1.54, 1.807) is 16.8 Å². The lowest BCUT2D eigenvalue weighted by Crippen LogP contribution is -2.35. The lowest BCUT2D eigenvalue weighted by molar-refractivity contribution is -0.160.